The molecule has 10 rings (SSSR count). The first-order chi connectivity index (χ1) is 18.0. The van der Waals surface area contributed by atoms with Gasteiger partial charge in [-0.25, -0.2) is 57.1 Å². The topological polar surface area (TPSA) is 20.2 Å². The molecule has 1 spiro atoms. The minimum absolute atomic E-state index is 8.40. The zero-order valence-electron chi connectivity index (χ0n) is 18.1. The number of rotatable bonds is 0. The average molecular weight is 670 g/mol. The average Bonchev–Trinajstić information content (AvgIpc) is 2.82. The fraction of sp³-hybridized carbons (Fsp3) is 1.00. The monoisotopic (exact) mass is 670 g/mol. The van der Waals surface area contributed by atoms with E-state index in [0.29, 0.717) is 0 Å². The molecule has 24 heteroatoms. The molecule has 0 saturated heterocycles. The van der Waals surface area contributed by atoms with E-state index in [2.05, 4.69) is 0 Å². The van der Waals surface area contributed by atoms with Gasteiger partial charge < -0.3 is 5.11 Å². The molecule has 0 amide bonds. The minimum Gasteiger partial charge on any atom is -0.377 e. The summed E-state index contributed by atoms with van der Waals surface area (Å²) in [6, 6.07) is 0. The third-order valence-electron chi connectivity index (χ3n) is 11.0. The molecular formula is C18HF23O. The van der Waals surface area contributed by atoms with Gasteiger partial charge in [0, 0.05) is 0 Å². The normalized spacial score (nSPS) is 68.0. The first-order valence-corrected chi connectivity index (χ1v) is 10.6. The molecule has 240 valence electrons. The van der Waals surface area contributed by atoms with Crippen molar-refractivity contribution in [3.05, 3.63) is 0 Å². The van der Waals surface area contributed by atoms with Crippen molar-refractivity contribution in [2.75, 3.05) is 0 Å². The second kappa shape index (κ2) is 5.12. The predicted molar refractivity (Wildman–Crippen MR) is 76.6 cm³/mol. The Morgan fingerprint density at radius 2 is 0.452 bits per heavy atom. The highest BCUT2D eigenvalue weighted by atomic mass is 19.3. The van der Waals surface area contributed by atoms with Crippen LogP contribution in [0.3, 0.4) is 0 Å². The fourth-order valence-electron chi connectivity index (χ4n) is 9.77. The highest BCUT2D eigenvalue weighted by molar-refractivity contribution is 5.76. The molecular weight excluding hydrogens is 669 g/mol. The summed E-state index contributed by atoms with van der Waals surface area (Å²) >= 11 is 0. The fourth-order valence-corrected chi connectivity index (χ4v) is 9.77. The second-order valence-corrected chi connectivity index (χ2v) is 11.4. The Morgan fingerprint density at radius 1 is 0.214 bits per heavy atom. The van der Waals surface area contributed by atoms with Crippen LogP contribution in [0, 0.1) is 5.41 Å². The Labute approximate surface area is 211 Å². The number of hydrogen-bond acceptors (Lipinski definition) is 1. The lowest BCUT2D eigenvalue weighted by Crippen LogP contribution is -3.28. The largest absolute Gasteiger partial charge is 0.377 e. The Balaban J connectivity index is 1.98. The van der Waals surface area contributed by atoms with Crippen LogP contribution in [0.1, 0.15) is 0 Å². The van der Waals surface area contributed by atoms with Crippen LogP contribution in [0.5, 0.6) is 0 Å². The van der Waals surface area contributed by atoms with Crippen LogP contribution < -0.4 is 0 Å². The summed E-state index contributed by atoms with van der Waals surface area (Å²) < 4.78 is 360. The maximum Gasteiger partial charge on any atom is 0.333 e. The van der Waals surface area contributed by atoms with Gasteiger partial charge in [0.1, 0.15) is 0 Å². The van der Waals surface area contributed by atoms with Crippen LogP contribution >= 0.6 is 0 Å². The lowest BCUT2D eigenvalue weighted by molar-refractivity contribution is -0.722. The van der Waals surface area contributed by atoms with Crippen LogP contribution in [0.15, 0.2) is 0 Å². The zero-order valence-corrected chi connectivity index (χ0v) is 18.1. The van der Waals surface area contributed by atoms with E-state index in [1.54, 1.807) is 0 Å². The molecule has 0 aromatic heterocycles. The molecule has 10 aliphatic carbocycles. The SMILES string of the molecule is OC12C(F)(F)C3(F)C(F)(F)C4(F)C1(F)C(F)(F)C1(F)C5(F)C(F)(F)C6(F)C(F)(F)C1(F)C4(F)C(C3(F)F)(C6(F)F)C25F. The van der Waals surface area contributed by atoms with Crippen molar-refractivity contribution < 1.29 is 106 Å². The van der Waals surface area contributed by atoms with E-state index in [0.717, 1.165) is 0 Å². The van der Waals surface area contributed by atoms with E-state index in [9.17, 15) is 5.11 Å². The molecule has 10 fully saturated rings. The van der Waals surface area contributed by atoms with E-state index < -0.39 is 103 Å². The standard InChI is InChI=1S/C18HF23O/c19-2-1-3(20)6(23)7(24,4(2,21)15(34,35)9(26,12(1,28)29)17(6,38)39)14(32,33)8(25)5(2,22)16(36,37)10(27,13(1,30)31)18(40,41)11(3,8)42/h42H. The van der Waals surface area contributed by atoms with E-state index >= 15 is 101 Å². The predicted octanol–water partition coefficient (Wildman–Crippen LogP) is 5.62. The minimum atomic E-state index is -8.92. The van der Waals surface area contributed by atoms with Gasteiger partial charge in [-0.2, -0.15) is 43.9 Å². The van der Waals surface area contributed by atoms with Crippen molar-refractivity contribution in [1.29, 1.82) is 0 Å². The van der Waals surface area contributed by atoms with E-state index in [1.807, 2.05) is 0 Å². The third kappa shape index (κ3) is 1.16. The maximum atomic E-state index is 16.7. The summed E-state index contributed by atoms with van der Waals surface area (Å²) in [5.41, 5.74) is -95.8. The van der Waals surface area contributed by atoms with Crippen molar-refractivity contribution >= 4 is 0 Å². The van der Waals surface area contributed by atoms with Gasteiger partial charge in [0.05, 0.1) is 0 Å². The quantitative estimate of drug-likeness (QED) is 0.332. The Morgan fingerprint density at radius 3 is 0.810 bits per heavy atom. The molecule has 42 heavy (non-hydrogen) atoms. The Kier molecular flexibility index (Phi) is 3.54. The summed E-state index contributed by atoms with van der Waals surface area (Å²) in [4.78, 5) is 0. The van der Waals surface area contributed by atoms with Crippen molar-refractivity contribution in [3.8, 4) is 0 Å². The van der Waals surface area contributed by atoms with Crippen LogP contribution in [0.25, 0.3) is 0 Å². The summed E-state index contributed by atoms with van der Waals surface area (Å²) in [6.07, 6.45) is 0. The zero-order chi connectivity index (χ0) is 33.0. The molecule has 10 aliphatic rings. The summed E-state index contributed by atoms with van der Waals surface area (Å²) in [6.45, 7) is 0. The summed E-state index contributed by atoms with van der Waals surface area (Å²) in [5.74, 6) is -61.6. The van der Waals surface area contributed by atoms with Gasteiger partial charge in [-0.05, 0) is 0 Å². The lowest BCUT2D eigenvalue weighted by atomic mass is 9.10. The molecule has 0 aromatic rings. The van der Waals surface area contributed by atoms with E-state index in [1.165, 1.54) is 0 Å². The Bertz CT molecular complexity index is 1300. The molecule has 11 unspecified atom stereocenters. The van der Waals surface area contributed by atoms with Crippen LogP contribution in [0.2, 0.25) is 0 Å². The van der Waals surface area contributed by atoms with Crippen LogP contribution in [-0.4, -0.2) is 103 Å². The number of halogens is 23. The molecule has 0 aromatic carbocycles. The third-order valence-corrected chi connectivity index (χ3v) is 11.0. The van der Waals surface area contributed by atoms with Gasteiger partial charge in [0.25, 0.3) is 28.3 Å². The smallest absolute Gasteiger partial charge is 0.333 e. The van der Waals surface area contributed by atoms with Crippen LogP contribution in [0.4, 0.5) is 101 Å². The van der Waals surface area contributed by atoms with Gasteiger partial charge in [0.2, 0.25) is 16.9 Å². The number of alkyl halides is 23. The molecule has 10 saturated carbocycles. The summed E-state index contributed by atoms with van der Waals surface area (Å²) in [7, 11) is 0. The molecule has 0 aliphatic heterocycles. The van der Waals surface area contributed by atoms with Crippen molar-refractivity contribution in [3.63, 3.8) is 0 Å². The molecule has 1 N–H and O–H groups in total. The molecule has 11 bridgehead atoms. The van der Waals surface area contributed by atoms with Crippen molar-refractivity contribution in [1.82, 2.24) is 0 Å². The highest BCUT2D eigenvalue weighted by Crippen LogP contribution is 3.07. The van der Waals surface area contributed by atoms with Crippen molar-refractivity contribution in [2.45, 2.75) is 98.1 Å². The van der Waals surface area contributed by atoms with Crippen LogP contribution in [-0.2, 0) is 0 Å². The molecule has 0 radical (unpaired) electrons. The van der Waals surface area contributed by atoms with Crippen molar-refractivity contribution in [2.24, 2.45) is 5.41 Å². The van der Waals surface area contributed by atoms with Gasteiger partial charge in [-0.15, -0.1) is 0 Å². The lowest BCUT2D eigenvalue weighted by Gasteiger charge is -2.94. The molecule has 1 nitrogen and oxygen atoms in total. The molecule has 0 heterocycles. The van der Waals surface area contributed by atoms with Gasteiger partial charge in [-0.3, -0.25) is 0 Å². The number of hydrogen-bond donors (Lipinski definition) is 1. The molecule has 11 atom stereocenters. The van der Waals surface area contributed by atoms with Gasteiger partial charge in [-0.1, -0.05) is 0 Å². The van der Waals surface area contributed by atoms with E-state index in [-0.39, 0.29) is 0 Å². The van der Waals surface area contributed by atoms with Gasteiger partial charge in [0.15, 0.2) is 5.41 Å². The maximum absolute atomic E-state index is 16.7. The Hall–Kier alpha value is -1.65. The highest BCUT2D eigenvalue weighted by Gasteiger charge is 3.39. The van der Waals surface area contributed by atoms with Gasteiger partial charge >= 0.3 is 52.8 Å². The second-order valence-electron chi connectivity index (χ2n) is 11.4. The first-order valence-electron chi connectivity index (χ1n) is 10.6. The summed E-state index contributed by atoms with van der Waals surface area (Å²) in [5, 5.41) is 10.2. The first kappa shape index (κ1) is 29.1. The van der Waals surface area contributed by atoms with E-state index in [4.69, 9.17) is 0 Å². The number of aliphatic hydroxyl groups is 1.